The van der Waals surface area contributed by atoms with Crippen molar-refractivity contribution in [1.29, 1.82) is 0 Å². The number of carbonyl (C=O) groups is 1. The smallest absolute Gasteiger partial charge is 0.237 e. The third kappa shape index (κ3) is 3.20. The lowest BCUT2D eigenvalue weighted by Gasteiger charge is -2.37. The first kappa shape index (κ1) is 12.5. The Morgan fingerprint density at radius 1 is 1.60 bits per heavy atom. The van der Waals surface area contributed by atoms with Gasteiger partial charge < -0.3 is 11.1 Å². The second kappa shape index (κ2) is 4.97. The zero-order valence-corrected chi connectivity index (χ0v) is 10.2. The molecule has 1 aliphatic rings. The summed E-state index contributed by atoms with van der Waals surface area (Å²) in [6.07, 6.45) is 5.74. The maximum Gasteiger partial charge on any atom is 0.237 e. The highest BCUT2D eigenvalue weighted by atomic mass is 16.1. The predicted octanol–water partition coefficient (Wildman–Crippen LogP) is 1.81. The first-order chi connectivity index (χ1) is 6.98. The van der Waals surface area contributed by atoms with Gasteiger partial charge >= 0.3 is 0 Å². The van der Waals surface area contributed by atoms with Crippen molar-refractivity contribution < 1.29 is 4.79 Å². The van der Waals surface area contributed by atoms with Crippen molar-refractivity contribution in [2.24, 2.45) is 11.7 Å². The Hall–Kier alpha value is -0.570. The fourth-order valence-corrected chi connectivity index (χ4v) is 2.15. The molecule has 0 aromatic heterocycles. The second-order valence-electron chi connectivity index (χ2n) is 5.15. The minimum Gasteiger partial charge on any atom is -0.368 e. The molecule has 1 aliphatic carbocycles. The van der Waals surface area contributed by atoms with E-state index in [1.165, 1.54) is 19.3 Å². The summed E-state index contributed by atoms with van der Waals surface area (Å²) in [4.78, 5) is 11.5. The first-order valence-electron chi connectivity index (χ1n) is 6.05. The van der Waals surface area contributed by atoms with Gasteiger partial charge in [0.2, 0.25) is 5.91 Å². The maximum absolute atomic E-state index is 11.5. The number of hydrogen-bond acceptors (Lipinski definition) is 2. The van der Waals surface area contributed by atoms with E-state index in [9.17, 15) is 4.79 Å². The van der Waals surface area contributed by atoms with Crippen molar-refractivity contribution in [3.63, 3.8) is 0 Å². The van der Waals surface area contributed by atoms with Crippen molar-refractivity contribution in [2.45, 2.75) is 64.5 Å². The summed E-state index contributed by atoms with van der Waals surface area (Å²) in [6.45, 7) is 6.16. The van der Waals surface area contributed by atoms with E-state index >= 15 is 0 Å². The summed E-state index contributed by atoms with van der Waals surface area (Å²) in [5, 5.41) is 3.37. The van der Waals surface area contributed by atoms with E-state index in [0.717, 1.165) is 12.8 Å². The quantitative estimate of drug-likeness (QED) is 0.705. The Bertz CT molecular complexity index is 217. The standard InChI is InChI=1S/C12H24N2O/c1-4-9(2)14-12(3,11(13)15)8-10-6-5-7-10/h9-10,14H,4-8H2,1-3H3,(H2,13,15). The van der Waals surface area contributed by atoms with Crippen LogP contribution in [0.5, 0.6) is 0 Å². The Labute approximate surface area is 92.8 Å². The van der Waals surface area contributed by atoms with E-state index in [4.69, 9.17) is 5.73 Å². The summed E-state index contributed by atoms with van der Waals surface area (Å²) in [5.41, 5.74) is 4.99. The molecule has 1 saturated carbocycles. The fourth-order valence-electron chi connectivity index (χ4n) is 2.15. The molecule has 3 heteroatoms. The normalized spacial score (nSPS) is 22.9. The Morgan fingerprint density at radius 2 is 2.20 bits per heavy atom. The molecule has 1 fully saturated rings. The largest absolute Gasteiger partial charge is 0.368 e. The molecule has 2 unspecified atom stereocenters. The van der Waals surface area contributed by atoms with E-state index in [-0.39, 0.29) is 5.91 Å². The average Bonchev–Trinajstić information content (AvgIpc) is 2.11. The van der Waals surface area contributed by atoms with Gasteiger partial charge in [-0.3, -0.25) is 4.79 Å². The minimum absolute atomic E-state index is 0.213. The molecular formula is C12H24N2O. The molecule has 0 bridgehead atoms. The van der Waals surface area contributed by atoms with Gasteiger partial charge in [-0.1, -0.05) is 26.2 Å². The molecule has 0 saturated heterocycles. The van der Waals surface area contributed by atoms with Crippen molar-refractivity contribution in [1.82, 2.24) is 5.32 Å². The summed E-state index contributed by atoms with van der Waals surface area (Å²) in [7, 11) is 0. The molecule has 2 atom stereocenters. The van der Waals surface area contributed by atoms with Gasteiger partial charge in [0.1, 0.15) is 0 Å². The summed E-state index contributed by atoms with van der Waals surface area (Å²) < 4.78 is 0. The minimum atomic E-state index is -0.513. The van der Waals surface area contributed by atoms with Crippen molar-refractivity contribution in [3.8, 4) is 0 Å². The molecule has 0 heterocycles. The van der Waals surface area contributed by atoms with E-state index in [2.05, 4.69) is 19.2 Å². The van der Waals surface area contributed by atoms with Crippen LogP contribution < -0.4 is 11.1 Å². The predicted molar refractivity (Wildman–Crippen MR) is 62.4 cm³/mol. The molecule has 0 aromatic rings. The molecule has 1 amide bonds. The number of hydrogen-bond donors (Lipinski definition) is 2. The molecule has 15 heavy (non-hydrogen) atoms. The number of amides is 1. The van der Waals surface area contributed by atoms with E-state index in [0.29, 0.717) is 12.0 Å². The molecule has 0 aromatic carbocycles. The van der Waals surface area contributed by atoms with Gasteiger partial charge in [0.05, 0.1) is 5.54 Å². The lowest BCUT2D eigenvalue weighted by atomic mass is 9.76. The van der Waals surface area contributed by atoms with Crippen LogP contribution in [0.3, 0.4) is 0 Å². The van der Waals surface area contributed by atoms with E-state index in [1.54, 1.807) is 0 Å². The summed E-state index contributed by atoms with van der Waals surface area (Å²) in [6, 6.07) is 0.350. The number of primary amides is 1. The van der Waals surface area contributed by atoms with Gasteiger partial charge in [-0.25, -0.2) is 0 Å². The number of carbonyl (C=O) groups excluding carboxylic acids is 1. The number of nitrogens with one attached hydrogen (secondary N) is 1. The second-order valence-corrected chi connectivity index (χ2v) is 5.15. The van der Waals surface area contributed by atoms with Crippen LogP contribution in [-0.4, -0.2) is 17.5 Å². The fraction of sp³-hybridized carbons (Fsp3) is 0.917. The van der Waals surface area contributed by atoms with Gasteiger partial charge in [-0.05, 0) is 32.6 Å². The number of nitrogens with two attached hydrogens (primary N) is 1. The highest BCUT2D eigenvalue weighted by Crippen LogP contribution is 2.33. The van der Waals surface area contributed by atoms with Crippen LogP contribution in [0, 0.1) is 5.92 Å². The molecule has 0 radical (unpaired) electrons. The summed E-state index contributed by atoms with van der Waals surface area (Å²) in [5.74, 6) is 0.480. The van der Waals surface area contributed by atoms with Crippen LogP contribution in [0.25, 0.3) is 0 Å². The maximum atomic E-state index is 11.5. The van der Waals surface area contributed by atoms with E-state index in [1.807, 2.05) is 6.92 Å². The molecule has 1 rings (SSSR count). The zero-order chi connectivity index (χ0) is 11.5. The van der Waals surface area contributed by atoms with Crippen LogP contribution in [0.15, 0.2) is 0 Å². The van der Waals surface area contributed by atoms with Crippen LogP contribution in [-0.2, 0) is 4.79 Å². The average molecular weight is 212 g/mol. The van der Waals surface area contributed by atoms with E-state index < -0.39 is 5.54 Å². The van der Waals surface area contributed by atoms with Crippen molar-refractivity contribution in [3.05, 3.63) is 0 Å². The van der Waals surface area contributed by atoms with Gasteiger partial charge in [0.25, 0.3) is 0 Å². The zero-order valence-electron chi connectivity index (χ0n) is 10.2. The molecule has 0 spiro atoms. The lowest BCUT2D eigenvalue weighted by molar-refractivity contribution is -0.125. The van der Waals surface area contributed by atoms with Crippen LogP contribution in [0.2, 0.25) is 0 Å². The van der Waals surface area contributed by atoms with Crippen molar-refractivity contribution in [2.75, 3.05) is 0 Å². The Morgan fingerprint density at radius 3 is 2.53 bits per heavy atom. The van der Waals surface area contributed by atoms with Crippen LogP contribution >= 0.6 is 0 Å². The number of rotatable bonds is 6. The highest BCUT2D eigenvalue weighted by molar-refractivity contribution is 5.84. The molecule has 3 nitrogen and oxygen atoms in total. The Balaban J connectivity index is 2.55. The molecular weight excluding hydrogens is 188 g/mol. The Kier molecular flexibility index (Phi) is 4.14. The third-order valence-electron chi connectivity index (χ3n) is 3.64. The monoisotopic (exact) mass is 212 g/mol. The van der Waals surface area contributed by atoms with Crippen LogP contribution in [0.1, 0.15) is 52.9 Å². The van der Waals surface area contributed by atoms with Gasteiger partial charge in [-0.15, -0.1) is 0 Å². The SMILES string of the molecule is CCC(C)NC(C)(CC1CCC1)C(N)=O. The van der Waals surface area contributed by atoms with Crippen molar-refractivity contribution >= 4 is 5.91 Å². The first-order valence-corrected chi connectivity index (χ1v) is 6.05. The van der Waals surface area contributed by atoms with Gasteiger partial charge in [-0.2, -0.15) is 0 Å². The topological polar surface area (TPSA) is 55.1 Å². The molecule has 88 valence electrons. The van der Waals surface area contributed by atoms with Gasteiger partial charge in [0, 0.05) is 6.04 Å². The highest BCUT2D eigenvalue weighted by Gasteiger charge is 2.36. The lowest BCUT2D eigenvalue weighted by Crippen LogP contribution is -2.57. The van der Waals surface area contributed by atoms with Gasteiger partial charge in [0.15, 0.2) is 0 Å². The summed E-state index contributed by atoms with van der Waals surface area (Å²) >= 11 is 0. The molecule has 3 N–H and O–H groups in total. The third-order valence-corrected chi connectivity index (χ3v) is 3.64. The molecule has 0 aliphatic heterocycles. The van der Waals surface area contributed by atoms with Crippen LogP contribution in [0.4, 0.5) is 0 Å².